The first kappa shape index (κ1) is 25.3. The number of nitrogens with one attached hydrogen (secondary N) is 1. The largest absolute Gasteiger partial charge is 0.493 e. The van der Waals surface area contributed by atoms with Gasteiger partial charge >= 0.3 is 10.2 Å². The second-order valence-corrected chi connectivity index (χ2v) is 11.5. The maximum Gasteiger partial charge on any atom is 0.301 e. The molecule has 0 bridgehead atoms. The topological polar surface area (TPSA) is 80.2 Å². The maximum absolute atomic E-state index is 12.3. The van der Waals surface area contributed by atoms with Crippen molar-refractivity contribution < 1.29 is 17.9 Å². The van der Waals surface area contributed by atoms with Crippen molar-refractivity contribution in [3.05, 3.63) is 52.6 Å². The van der Waals surface area contributed by atoms with Crippen LogP contribution in [0, 0.1) is 0 Å². The van der Waals surface area contributed by atoms with E-state index in [0.717, 1.165) is 46.7 Å². The zero-order chi connectivity index (χ0) is 23.5. The van der Waals surface area contributed by atoms with Crippen LogP contribution in [0.25, 0.3) is 0 Å². The van der Waals surface area contributed by atoms with E-state index in [4.69, 9.17) is 14.5 Å². The Labute approximate surface area is 202 Å². The molecule has 0 aromatic heterocycles. The Morgan fingerprint density at radius 1 is 1.15 bits per heavy atom. The molecule has 180 valence electrons. The molecular weight excluding hydrogens is 462 g/mol. The number of fused-ring (bicyclic) bond motifs is 3. The highest BCUT2D eigenvalue weighted by Gasteiger charge is 2.39. The lowest BCUT2D eigenvalue weighted by Crippen LogP contribution is -2.36. The van der Waals surface area contributed by atoms with Crippen molar-refractivity contribution in [1.82, 2.24) is 4.72 Å². The van der Waals surface area contributed by atoms with E-state index < -0.39 is 10.2 Å². The molecule has 0 aliphatic carbocycles. The molecule has 33 heavy (non-hydrogen) atoms. The van der Waals surface area contributed by atoms with Crippen LogP contribution in [0.4, 0.5) is 5.69 Å². The van der Waals surface area contributed by atoms with Gasteiger partial charge in [0.25, 0.3) is 0 Å². The van der Waals surface area contributed by atoms with Crippen molar-refractivity contribution in [2.75, 3.05) is 25.5 Å². The third kappa shape index (κ3) is 4.56. The summed E-state index contributed by atoms with van der Waals surface area (Å²) in [5.74, 6) is 1.52. The molecule has 2 aromatic carbocycles. The summed E-state index contributed by atoms with van der Waals surface area (Å²) >= 11 is 0. The van der Waals surface area contributed by atoms with Crippen LogP contribution in [0.15, 0.2) is 35.3 Å². The summed E-state index contributed by atoms with van der Waals surface area (Å²) in [6, 6.07) is 9.55. The van der Waals surface area contributed by atoms with E-state index in [0.29, 0.717) is 5.69 Å². The van der Waals surface area contributed by atoms with Gasteiger partial charge in [0.2, 0.25) is 0 Å². The summed E-state index contributed by atoms with van der Waals surface area (Å²) in [7, 11) is 0.992. The minimum absolute atomic E-state index is 0. The molecule has 2 aliphatic heterocycles. The van der Waals surface area contributed by atoms with Gasteiger partial charge in [-0.1, -0.05) is 12.1 Å². The fourth-order valence-corrected chi connectivity index (χ4v) is 5.22. The number of halogens is 1. The van der Waals surface area contributed by atoms with Gasteiger partial charge in [-0.05, 0) is 57.9 Å². The molecule has 0 fully saturated rings. The zero-order valence-corrected chi connectivity index (χ0v) is 21.8. The first-order chi connectivity index (χ1) is 14.9. The number of nitrogens with zero attached hydrogens (tertiary/aromatic N) is 2. The molecule has 0 atom stereocenters. The van der Waals surface area contributed by atoms with E-state index in [1.807, 2.05) is 18.2 Å². The molecule has 9 heteroatoms. The standard InChI is InChI=1S/C24H31N3O4S.ClH/c1-23(2)13-16-12-19(30-7)22-18(14-24(3,4)31-22)20(16)21(26-23)15-9-8-10-17(11-15)27(6)32(28,29)25-5;/h8-12,25H,13-14H2,1-7H3;1H. The number of benzene rings is 2. The summed E-state index contributed by atoms with van der Waals surface area (Å²) in [6.07, 6.45) is 1.53. The molecule has 0 radical (unpaired) electrons. The Kier molecular flexibility index (Phi) is 6.52. The van der Waals surface area contributed by atoms with Gasteiger partial charge in [0.05, 0.1) is 24.0 Å². The fourth-order valence-electron chi connectivity index (χ4n) is 4.55. The van der Waals surface area contributed by atoms with E-state index in [9.17, 15) is 8.42 Å². The lowest BCUT2D eigenvalue weighted by atomic mass is 9.81. The highest BCUT2D eigenvalue weighted by Crippen LogP contribution is 2.47. The van der Waals surface area contributed by atoms with Gasteiger partial charge in [0.1, 0.15) is 5.60 Å². The Morgan fingerprint density at radius 3 is 2.48 bits per heavy atom. The highest BCUT2D eigenvalue weighted by atomic mass is 35.5. The SMILES string of the molecule is CNS(=O)(=O)N(C)c1cccc(C2=NC(C)(C)Cc3cc(OC)c4c(c32)CC(C)(C)O4)c1.Cl. The molecule has 2 aromatic rings. The van der Waals surface area contributed by atoms with Crippen LogP contribution >= 0.6 is 12.4 Å². The lowest BCUT2D eigenvalue weighted by molar-refractivity contribution is 0.134. The molecule has 7 nitrogen and oxygen atoms in total. The highest BCUT2D eigenvalue weighted by molar-refractivity contribution is 7.90. The molecule has 0 unspecified atom stereocenters. The van der Waals surface area contributed by atoms with Gasteiger partial charge in [-0.15, -0.1) is 12.4 Å². The van der Waals surface area contributed by atoms with E-state index >= 15 is 0 Å². The van der Waals surface area contributed by atoms with Crippen molar-refractivity contribution in [1.29, 1.82) is 0 Å². The van der Waals surface area contributed by atoms with Gasteiger partial charge in [0.15, 0.2) is 11.5 Å². The van der Waals surface area contributed by atoms with Crippen LogP contribution in [0.3, 0.4) is 0 Å². The predicted octanol–water partition coefficient (Wildman–Crippen LogP) is 3.90. The third-order valence-electron chi connectivity index (χ3n) is 6.00. The minimum atomic E-state index is -3.61. The van der Waals surface area contributed by atoms with E-state index in [2.05, 4.69) is 38.5 Å². The summed E-state index contributed by atoms with van der Waals surface area (Å²) in [5, 5.41) is 0. The fraction of sp³-hybridized carbons (Fsp3) is 0.458. The Hall–Kier alpha value is -2.29. The number of hydrogen-bond donors (Lipinski definition) is 1. The molecule has 2 aliphatic rings. The average molecular weight is 494 g/mol. The van der Waals surface area contributed by atoms with Crippen LogP contribution in [0.5, 0.6) is 11.5 Å². The summed E-state index contributed by atoms with van der Waals surface area (Å²) in [6.45, 7) is 8.36. The van der Waals surface area contributed by atoms with Crippen LogP contribution in [0.2, 0.25) is 0 Å². The molecule has 4 rings (SSSR count). The molecule has 1 N–H and O–H groups in total. The maximum atomic E-state index is 12.3. The number of ether oxygens (including phenoxy) is 2. The molecular formula is C24H32ClN3O4S. The predicted molar refractivity (Wildman–Crippen MR) is 135 cm³/mol. The molecule has 0 saturated carbocycles. The smallest absolute Gasteiger partial charge is 0.301 e. The van der Waals surface area contributed by atoms with Crippen molar-refractivity contribution in [3.63, 3.8) is 0 Å². The lowest BCUT2D eigenvalue weighted by Gasteiger charge is -2.31. The number of hydrogen-bond acceptors (Lipinski definition) is 5. The molecule has 0 amide bonds. The van der Waals surface area contributed by atoms with Crippen molar-refractivity contribution in [3.8, 4) is 11.5 Å². The Balaban J connectivity index is 0.00000306. The number of methoxy groups -OCH3 is 1. The van der Waals surface area contributed by atoms with Crippen molar-refractivity contribution >= 4 is 34.0 Å². The monoisotopic (exact) mass is 493 g/mol. The quantitative estimate of drug-likeness (QED) is 0.685. The van der Waals surface area contributed by atoms with Crippen LogP contribution < -0.4 is 18.5 Å². The first-order valence-corrected chi connectivity index (χ1v) is 12.1. The van der Waals surface area contributed by atoms with Crippen molar-refractivity contribution in [2.45, 2.75) is 51.7 Å². The summed E-state index contributed by atoms with van der Waals surface area (Å²) in [4.78, 5) is 5.13. The Morgan fingerprint density at radius 2 is 1.85 bits per heavy atom. The molecule has 0 spiro atoms. The normalized spacial score (nSPS) is 17.7. The van der Waals surface area contributed by atoms with Crippen LogP contribution in [-0.4, -0.2) is 46.5 Å². The molecule has 0 saturated heterocycles. The number of aliphatic imine (C=N–C) groups is 1. The van der Waals surface area contributed by atoms with Gasteiger partial charge < -0.3 is 9.47 Å². The second kappa shape index (κ2) is 8.49. The zero-order valence-electron chi connectivity index (χ0n) is 20.1. The van der Waals surface area contributed by atoms with E-state index in [-0.39, 0.29) is 23.5 Å². The summed E-state index contributed by atoms with van der Waals surface area (Å²) in [5.41, 5.74) is 4.97. The van der Waals surface area contributed by atoms with Crippen LogP contribution in [-0.2, 0) is 23.1 Å². The third-order valence-corrected chi connectivity index (χ3v) is 7.45. The van der Waals surface area contributed by atoms with E-state index in [1.54, 1.807) is 13.2 Å². The minimum Gasteiger partial charge on any atom is -0.493 e. The van der Waals surface area contributed by atoms with Crippen LogP contribution in [0.1, 0.15) is 49.9 Å². The first-order valence-electron chi connectivity index (χ1n) is 10.7. The van der Waals surface area contributed by atoms with E-state index in [1.165, 1.54) is 24.0 Å². The van der Waals surface area contributed by atoms with Gasteiger partial charge in [0, 0.05) is 37.2 Å². The Bertz CT molecular complexity index is 1220. The second-order valence-electron chi connectivity index (χ2n) is 9.64. The van der Waals surface area contributed by atoms with Gasteiger partial charge in [-0.2, -0.15) is 8.42 Å². The average Bonchev–Trinajstić information content (AvgIpc) is 3.06. The van der Waals surface area contributed by atoms with Gasteiger partial charge in [-0.25, -0.2) is 4.72 Å². The number of anilines is 1. The molecule has 2 heterocycles. The van der Waals surface area contributed by atoms with Crippen molar-refractivity contribution in [2.24, 2.45) is 4.99 Å². The summed E-state index contributed by atoms with van der Waals surface area (Å²) < 4.78 is 40.2. The number of rotatable bonds is 5. The van der Waals surface area contributed by atoms with Gasteiger partial charge in [-0.3, -0.25) is 9.30 Å².